The van der Waals surface area contributed by atoms with E-state index in [0.717, 1.165) is 37.4 Å². The molecule has 0 atom stereocenters. The number of nitrogens with one attached hydrogen (secondary N) is 1. The summed E-state index contributed by atoms with van der Waals surface area (Å²) in [5, 5.41) is 3.26. The first-order chi connectivity index (χ1) is 9.97. The van der Waals surface area contributed by atoms with Crippen LogP contribution in [0.1, 0.15) is 36.3 Å². The van der Waals surface area contributed by atoms with Crippen LogP contribution in [0, 0.1) is 0 Å². The van der Waals surface area contributed by atoms with E-state index in [9.17, 15) is 4.79 Å². The molecule has 1 amide bonds. The summed E-state index contributed by atoms with van der Waals surface area (Å²) >= 11 is 0. The summed E-state index contributed by atoms with van der Waals surface area (Å²) in [5.41, 5.74) is 1.65. The van der Waals surface area contributed by atoms with E-state index in [2.05, 4.69) is 29.0 Å². The number of nitrogens with zero attached hydrogens (tertiary/aromatic N) is 3. The number of rotatable bonds is 8. The topological polar surface area (TPSA) is 48.5 Å². The van der Waals surface area contributed by atoms with Crippen molar-refractivity contribution in [1.29, 1.82) is 0 Å². The second kappa shape index (κ2) is 8.62. The van der Waals surface area contributed by atoms with Gasteiger partial charge >= 0.3 is 0 Å². The predicted molar refractivity (Wildman–Crippen MR) is 87.9 cm³/mol. The van der Waals surface area contributed by atoms with E-state index in [1.807, 2.05) is 33.3 Å². The van der Waals surface area contributed by atoms with Crippen LogP contribution >= 0.6 is 0 Å². The van der Waals surface area contributed by atoms with Crippen molar-refractivity contribution in [1.82, 2.24) is 14.8 Å². The summed E-state index contributed by atoms with van der Waals surface area (Å²) in [6, 6.07) is 3.74. The maximum absolute atomic E-state index is 12.5. The van der Waals surface area contributed by atoms with Gasteiger partial charge in [-0.1, -0.05) is 13.8 Å². The first-order valence-electron chi connectivity index (χ1n) is 7.63. The SMILES string of the molecule is CCCNc1cc(C(=O)N(C)CCN(C)C)cc(CC)n1. The molecule has 0 aromatic carbocycles. The minimum atomic E-state index is 0.0495. The van der Waals surface area contributed by atoms with Crippen LogP contribution in [0.25, 0.3) is 0 Å². The van der Waals surface area contributed by atoms with Crippen molar-refractivity contribution < 1.29 is 4.79 Å². The third-order valence-corrected chi connectivity index (χ3v) is 3.27. The highest BCUT2D eigenvalue weighted by atomic mass is 16.2. The van der Waals surface area contributed by atoms with Crippen molar-refractivity contribution in [2.24, 2.45) is 0 Å². The molecule has 1 heterocycles. The van der Waals surface area contributed by atoms with Gasteiger partial charge in [0.1, 0.15) is 5.82 Å². The summed E-state index contributed by atoms with van der Waals surface area (Å²) in [4.78, 5) is 20.9. The van der Waals surface area contributed by atoms with E-state index in [-0.39, 0.29) is 5.91 Å². The van der Waals surface area contributed by atoms with Gasteiger partial charge in [-0.2, -0.15) is 0 Å². The second-order valence-electron chi connectivity index (χ2n) is 5.54. The zero-order valence-corrected chi connectivity index (χ0v) is 13.9. The van der Waals surface area contributed by atoms with Gasteiger partial charge in [0.05, 0.1) is 0 Å². The molecule has 0 fully saturated rings. The van der Waals surface area contributed by atoms with Gasteiger partial charge in [-0.15, -0.1) is 0 Å². The lowest BCUT2D eigenvalue weighted by Crippen LogP contribution is -2.33. The van der Waals surface area contributed by atoms with E-state index in [1.165, 1.54) is 0 Å². The highest BCUT2D eigenvalue weighted by molar-refractivity contribution is 5.94. The molecular formula is C16H28N4O. The number of anilines is 1. The molecule has 0 spiro atoms. The third kappa shape index (κ3) is 5.71. The first kappa shape index (κ1) is 17.4. The average molecular weight is 292 g/mol. The fourth-order valence-corrected chi connectivity index (χ4v) is 1.91. The Labute approximate surface area is 128 Å². The number of hydrogen-bond acceptors (Lipinski definition) is 4. The van der Waals surface area contributed by atoms with Crippen molar-refractivity contribution in [2.75, 3.05) is 46.1 Å². The summed E-state index contributed by atoms with van der Waals surface area (Å²) in [6.07, 6.45) is 1.85. The van der Waals surface area contributed by atoms with Gasteiger partial charge in [0.15, 0.2) is 0 Å². The van der Waals surface area contributed by atoms with Crippen molar-refractivity contribution in [3.05, 3.63) is 23.4 Å². The molecule has 1 aromatic rings. The van der Waals surface area contributed by atoms with Gasteiger partial charge in [-0.05, 0) is 39.1 Å². The molecule has 0 aliphatic carbocycles. The Morgan fingerprint density at radius 3 is 2.48 bits per heavy atom. The number of aromatic nitrogens is 1. The van der Waals surface area contributed by atoms with Gasteiger partial charge in [0, 0.05) is 37.9 Å². The molecule has 5 nitrogen and oxygen atoms in total. The number of aryl methyl sites for hydroxylation is 1. The Hall–Kier alpha value is -1.62. The maximum Gasteiger partial charge on any atom is 0.253 e. The molecule has 1 N–H and O–H groups in total. The monoisotopic (exact) mass is 292 g/mol. The molecule has 0 radical (unpaired) electrons. The number of carbonyl (C=O) groups is 1. The zero-order chi connectivity index (χ0) is 15.8. The highest BCUT2D eigenvalue weighted by Gasteiger charge is 2.14. The summed E-state index contributed by atoms with van der Waals surface area (Å²) in [7, 11) is 5.86. The molecule has 0 unspecified atom stereocenters. The van der Waals surface area contributed by atoms with Crippen molar-refractivity contribution >= 4 is 11.7 Å². The number of hydrogen-bond donors (Lipinski definition) is 1. The van der Waals surface area contributed by atoms with Gasteiger partial charge in [0.25, 0.3) is 5.91 Å². The Balaban J connectivity index is 2.86. The normalized spacial score (nSPS) is 10.8. The largest absolute Gasteiger partial charge is 0.370 e. The first-order valence-corrected chi connectivity index (χ1v) is 7.63. The van der Waals surface area contributed by atoms with Crippen LogP contribution in [0.5, 0.6) is 0 Å². The molecular weight excluding hydrogens is 264 g/mol. The van der Waals surface area contributed by atoms with Gasteiger partial charge in [-0.25, -0.2) is 4.98 Å². The zero-order valence-electron chi connectivity index (χ0n) is 13.9. The maximum atomic E-state index is 12.5. The molecule has 0 aliphatic heterocycles. The van der Waals surface area contributed by atoms with Crippen LogP contribution in [0.2, 0.25) is 0 Å². The highest BCUT2D eigenvalue weighted by Crippen LogP contribution is 2.13. The Morgan fingerprint density at radius 1 is 1.19 bits per heavy atom. The molecule has 118 valence electrons. The number of amides is 1. The van der Waals surface area contributed by atoms with Crippen LogP contribution in [-0.4, -0.2) is 61.5 Å². The standard InChI is InChI=1S/C16H28N4O/c1-6-8-17-15-12-13(11-14(7-2)18-15)16(21)20(5)10-9-19(3)4/h11-12H,6-10H2,1-5H3,(H,17,18). The number of likely N-dealkylation sites (N-methyl/N-ethyl adjacent to an activating group) is 2. The Morgan fingerprint density at radius 2 is 1.90 bits per heavy atom. The molecule has 5 heteroatoms. The molecule has 0 bridgehead atoms. The number of carbonyl (C=O) groups excluding carboxylic acids is 1. The lowest BCUT2D eigenvalue weighted by molar-refractivity contribution is 0.0786. The Kier molecular flexibility index (Phi) is 7.15. The van der Waals surface area contributed by atoms with E-state index in [1.54, 1.807) is 4.90 Å². The van der Waals surface area contributed by atoms with E-state index >= 15 is 0 Å². The van der Waals surface area contributed by atoms with Crippen LogP contribution in [-0.2, 0) is 6.42 Å². The van der Waals surface area contributed by atoms with Crippen molar-refractivity contribution in [3.8, 4) is 0 Å². The van der Waals surface area contributed by atoms with E-state index in [4.69, 9.17) is 0 Å². The molecule has 0 saturated carbocycles. The molecule has 21 heavy (non-hydrogen) atoms. The van der Waals surface area contributed by atoms with Gasteiger partial charge in [-0.3, -0.25) is 4.79 Å². The lowest BCUT2D eigenvalue weighted by atomic mass is 10.1. The minimum Gasteiger partial charge on any atom is -0.370 e. The number of pyridine rings is 1. The van der Waals surface area contributed by atoms with Crippen LogP contribution < -0.4 is 5.32 Å². The molecule has 1 rings (SSSR count). The summed E-state index contributed by atoms with van der Waals surface area (Å²) in [6.45, 7) is 6.60. The second-order valence-corrected chi connectivity index (χ2v) is 5.54. The van der Waals surface area contributed by atoms with Crippen molar-refractivity contribution in [2.45, 2.75) is 26.7 Å². The van der Waals surface area contributed by atoms with Crippen LogP contribution in [0.3, 0.4) is 0 Å². The average Bonchev–Trinajstić information content (AvgIpc) is 2.49. The van der Waals surface area contributed by atoms with Gasteiger partial charge < -0.3 is 15.1 Å². The van der Waals surface area contributed by atoms with Crippen molar-refractivity contribution in [3.63, 3.8) is 0 Å². The molecule has 0 aliphatic rings. The van der Waals surface area contributed by atoms with Crippen LogP contribution in [0.4, 0.5) is 5.82 Å². The Bertz CT molecular complexity index is 460. The summed E-state index contributed by atoms with van der Waals surface area (Å²) in [5.74, 6) is 0.842. The predicted octanol–water partition coefficient (Wildman–Crippen LogP) is 2.10. The quantitative estimate of drug-likeness (QED) is 0.797. The third-order valence-electron chi connectivity index (χ3n) is 3.27. The smallest absolute Gasteiger partial charge is 0.253 e. The minimum absolute atomic E-state index is 0.0495. The summed E-state index contributed by atoms with van der Waals surface area (Å²) < 4.78 is 0. The lowest BCUT2D eigenvalue weighted by Gasteiger charge is -2.20. The fraction of sp³-hybridized carbons (Fsp3) is 0.625. The molecule has 1 aromatic heterocycles. The fourth-order valence-electron chi connectivity index (χ4n) is 1.91. The van der Waals surface area contributed by atoms with E-state index < -0.39 is 0 Å². The van der Waals surface area contributed by atoms with E-state index in [0.29, 0.717) is 12.1 Å². The molecule has 0 saturated heterocycles. The van der Waals surface area contributed by atoms with Gasteiger partial charge in [0.2, 0.25) is 0 Å². The van der Waals surface area contributed by atoms with Crippen LogP contribution in [0.15, 0.2) is 12.1 Å².